The highest BCUT2D eigenvalue weighted by Crippen LogP contribution is 2.63. The second kappa shape index (κ2) is 5.75. The fourth-order valence-corrected chi connectivity index (χ4v) is 5.56. The molecule has 5 atom stereocenters. The Morgan fingerprint density at radius 3 is 2.54 bits per heavy atom. The van der Waals surface area contributed by atoms with E-state index in [4.69, 9.17) is 4.74 Å². The molecule has 0 radical (unpaired) electrons. The first kappa shape index (κ1) is 15.9. The van der Waals surface area contributed by atoms with Gasteiger partial charge in [0.25, 0.3) is 0 Å². The van der Waals surface area contributed by atoms with Gasteiger partial charge in [0.15, 0.2) is 0 Å². The molecule has 2 bridgehead atoms. The number of carbonyl (C=O) groups is 1. The zero-order valence-corrected chi connectivity index (χ0v) is 15.0. The Labute approximate surface area is 145 Å². The fraction of sp³-hybridized carbons (Fsp3) is 0.591. The molecule has 0 N–H and O–H groups in total. The van der Waals surface area contributed by atoms with E-state index in [1.54, 1.807) is 0 Å². The smallest absolute Gasteiger partial charge is 0.306 e. The lowest BCUT2D eigenvalue weighted by molar-refractivity contribution is -0.156. The number of ether oxygens (including phenoxy) is 1. The highest BCUT2D eigenvalue weighted by Gasteiger charge is 2.54. The molecule has 0 unspecified atom stereocenters. The predicted octanol–water partition coefficient (Wildman–Crippen LogP) is 5.09. The van der Waals surface area contributed by atoms with E-state index in [1.807, 2.05) is 20.8 Å². The molecule has 1 aromatic carbocycles. The van der Waals surface area contributed by atoms with E-state index in [1.165, 1.54) is 30.4 Å². The Morgan fingerprint density at radius 1 is 1.12 bits per heavy atom. The second-order valence-corrected chi connectivity index (χ2v) is 8.88. The van der Waals surface area contributed by atoms with Gasteiger partial charge < -0.3 is 4.74 Å². The highest BCUT2D eigenvalue weighted by molar-refractivity contribution is 5.75. The summed E-state index contributed by atoms with van der Waals surface area (Å²) in [6.45, 7) is 5.85. The van der Waals surface area contributed by atoms with Crippen molar-refractivity contribution in [2.45, 2.75) is 52.1 Å². The average molecular weight is 324 g/mol. The molecule has 0 aromatic heterocycles. The van der Waals surface area contributed by atoms with Gasteiger partial charge in [0.05, 0.1) is 6.42 Å². The van der Waals surface area contributed by atoms with Crippen LogP contribution in [0, 0.1) is 29.6 Å². The van der Waals surface area contributed by atoms with Crippen LogP contribution < -0.4 is 0 Å². The van der Waals surface area contributed by atoms with Gasteiger partial charge in [-0.05, 0) is 80.8 Å². The molecule has 3 aliphatic carbocycles. The van der Waals surface area contributed by atoms with Gasteiger partial charge in [-0.25, -0.2) is 0 Å². The lowest BCUT2D eigenvalue weighted by atomic mass is 9.74. The maximum Gasteiger partial charge on any atom is 0.306 e. The summed E-state index contributed by atoms with van der Waals surface area (Å²) in [5.41, 5.74) is 2.46. The van der Waals surface area contributed by atoms with Crippen molar-refractivity contribution in [3.05, 3.63) is 42.0 Å². The van der Waals surface area contributed by atoms with Crippen molar-refractivity contribution in [1.29, 1.82) is 0 Å². The summed E-state index contributed by atoms with van der Waals surface area (Å²) in [6.07, 6.45) is 7.04. The standard InChI is InChI=1S/C22H28O2/c1-22(2,3)24-19(23)13-17-12-18(14-7-5-4-6-8-14)21-16-10-9-15(11-16)20(17)21/h4-8,12,15-17,20-21H,9-11,13H2,1-3H3/t15-,16+,17-,20-,21+/m0/s1. The molecule has 1 aromatic rings. The number of hydrogen-bond acceptors (Lipinski definition) is 2. The van der Waals surface area contributed by atoms with Gasteiger partial charge >= 0.3 is 5.97 Å². The summed E-state index contributed by atoms with van der Waals surface area (Å²) in [5, 5.41) is 0. The van der Waals surface area contributed by atoms with Crippen LogP contribution in [0.3, 0.4) is 0 Å². The number of esters is 1. The van der Waals surface area contributed by atoms with E-state index < -0.39 is 5.60 Å². The molecular formula is C22H28O2. The maximum absolute atomic E-state index is 12.4. The number of hydrogen-bond donors (Lipinski definition) is 0. The third kappa shape index (κ3) is 2.81. The summed E-state index contributed by atoms with van der Waals surface area (Å²) in [4.78, 5) is 12.4. The Balaban J connectivity index is 1.59. The Hall–Kier alpha value is -1.57. The van der Waals surface area contributed by atoms with Gasteiger partial charge in [0.1, 0.15) is 5.60 Å². The van der Waals surface area contributed by atoms with Crippen LogP contribution in [0.5, 0.6) is 0 Å². The molecule has 2 fully saturated rings. The van der Waals surface area contributed by atoms with E-state index in [0.29, 0.717) is 24.2 Å². The van der Waals surface area contributed by atoms with Crippen molar-refractivity contribution >= 4 is 11.5 Å². The minimum atomic E-state index is -0.393. The summed E-state index contributed by atoms with van der Waals surface area (Å²) in [7, 11) is 0. The van der Waals surface area contributed by atoms with Crippen LogP contribution in [0.15, 0.2) is 36.4 Å². The normalized spacial score (nSPS) is 34.1. The van der Waals surface area contributed by atoms with Crippen molar-refractivity contribution in [3.63, 3.8) is 0 Å². The van der Waals surface area contributed by atoms with Gasteiger partial charge in [-0.2, -0.15) is 0 Å². The molecule has 0 saturated heterocycles. The molecule has 0 aliphatic heterocycles. The lowest BCUT2D eigenvalue weighted by Crippen LogP contribution is -2.29. The third-order valence-electron chi connectivity index (χ3n) is 6.16. The van der Waals surface area contributed by atoms with Crippen LogP contribution in [0.25, 0.3) is 5.57 Å². The van der Waals surface area contributed by atoms with E-state index >= 15 is 0 Å². The molecule has 2 saturated carbocycles. The monoisotopic (exact) mass is 324 g/mol. The van der Waals surface area contributed by atoms with E-state index in [0.717, 1.165) is 11.8 Å². The zero-order valence-electron chi connectivity index (χ0n) is 15.0. The first-order valence-electron chi connectivity index (χ1n) is 9.41. The first-order valence-corrected chi connectivity index (χ1v) is 9.41. The predicted molar refractivity (Wildman–Crippen MR) is 96.2 cm³/mol. The summed E-state index contributed by atoms with van der Waals surface area (Å²) < 4.78 is 5.60. The molecular weight excluding hydrogens is 296 g/mol. The van der Waals surface area contributed by atoms with Gasteiger partial charge in [0.2, 0.25) is 0 Å². The molecule has 0 spiro atoms. The molecule has 2 heteroatoms. The summed E-state index contributed by atoms with van der Waals surface area (Å²) in [5.74, 6) is 3.28. The fourth-order valence-electron chi connectivity index (χ4n) is 5.56. The molecule has 4 rings (SSSR count). The van der Waals surface area contributed by atoms with Crippen LogP contribution in [-0.4, -0.2) is 11.6 Å². The Morgan fingerprint density at radius 2 is 1.83 bits per heavy atom. The van der Waals surface area contributed by atoms with Crippen molar-refractivity contribution in [2.24, 2.45) is 29.6 Å². The van der Waals surface area contributed by atoms with Crippen LogP contribution in [0.4, 0.5) is 0 Å². The van der Waals surface area contributed by atoms with Crippen LogP contribution in [0.1, 0.15) is 52.0 Å². The zero-order chi connectivity index (χ0) is 16.9. The van der Waals surface area contributed by atoms with Crippen LogP contribution >= 0.6 is 0 Å². The number of allylic oxidation sites excluding steroid dienone is 2. The van der Waals surface area contributed by atoms with Crippen LogP contribution in [0.2, 0.25) is 0 Å². The summed E-state index contributed by atoms with van der Waals surface area (Å²) >= 11 is 0. The second-order valence-electron chi connectivity index (χ2n) is 8.88. The molecule has 0 amide bonds. The van der Waals surface area contributed by atoms with Gasteiger partial charge in [0, 0.05) is 0 Å². The minimum Gasteiger partial charge on any atom is -0.460 e. The van der Waals surface area contributed by atoms with E-state index in [2.05, 4.69) is 36.4 Å². The van der Waals surface area contributed by atoms with E-state index in [-0.39, 0.29) is 5.97 Å². The SMILES string of the molecule is CC(C)(C)OC(=O)C[C@@H]1C=C(c2ccccc2)[C@H]2[C@@H]3CC[C@@H](C3)[C@H]21. The number of benzene rings is 1. The van der Waals surface area contributed by atoms with Crippen molar-refractivity contribution in [2.75, 3.05) is 0 Å². The van der Waals surface area contributed by atoms with Crippen molar-refractivity contribution in [3.8, 4) is 0 Å². The highest BCUT2D eigenvalue weighted by atomic mass is 16.6. The minimum absolute atomic E-state index is 0.0421. The summed E-state index contributed by atoms with van der Waals surface area (Å²) in [6, 6.07) is 10.8. The Kier molecular flexibility index (Phi) is 3.82. The molecule has 128 valence electrons. The number of carbonyl (C=O) groups excluding carboxylic acids is 1. The molecule has 24 heavy (non-hydrogen) atoms. The average Bonchev–Trinajstić information content (AvgIpc) is 3.19. The largest absolute Gasteiger partial charge is 0.460 e. The quantitative estimate of drug-likeness (QED) is 0.724. The van der Waals surface area contributed by atoms with Gasteiger partial charge in [-0.15, -0.1) is 0 Å². The molecule has 0 heterocycles. The third-order valence-corrected chi connectivity index (χ3v) is 6.16. The number of fused-ring (bicyclic) bond motifs is 5. The Bertz CT molecular complexity index is 652. The lowest BCUT2D eigenvalue weighted by Gasteiger charge is -2.31. The van der Waals surface area contributed by atoms with Crippen molar-refractivity contribution in [1.82, 2.24) is 0 Å². The topological polar surface area (TPSA) is 26.3 Å². The van der Waals surface area contributed by atoms with Crippen LogP contribution in [-0.2, 0) is 9.53 Å². The molecule has 3 aliphatic rings. The molecule has 2 nitrogen and oxygen atoms in total. The number of rotatable bonds is 3. The van der Waals surface area contributed by atoms with E-state index in [9.17, 15) is 4.79 Å². The maximum atomic E-state index is 12.4. The van der Waals surface area contributed by atoms with Gasteiger partial charge in [-0.1, -0.05) is 36.4 Å². The first-order chi connectivity index (χ1) is 11.4. The van der Waals surface area contributed by atoms with Gasteiger partial charge in [-0.3, -0.25) is 4.79 Å². The van der Waals surface area contributed by atoms with Crippen molar-refractivity contribution < 1.29 is 9.53 Å².